The summed E-state index contributed by atoms with van der Waals surface area (Å²) in [5, 5.41) is 12.0. The second kappa shape index (κ2) is 8.59. The number of rotatable bonds is 8. The van der Waals surface area contributed by atoms with Gasteiger partial charge < -0.3 is 10.9 Å². The molecular weight excluding hydrogens is 250 g/mol. The van der Waals surface area contributed by atoms with Crippen molar-refractivity contribution in [1.29, 1.82) is 0 Å². The standard InChI is InChI=1S/C16H27N3O/c1-4-13(5-2)11-19(6-3)12-14-9-7-8-10-15(14)16(17)18-20/h7-10,13,20H,4-6,11-12H2,1-3H3,(H2,17,18). The Morgan fingerprint density at radius 2 is 1.90 bits per heavy atom. The summed E-state index contributed by atoms with van der Waals surface area (Å²) < 4.78 is 0. The van der Waals surface area contributed by atoms with Crippen LogP contribution in [0.5, 0.6) is 0 Å². The van der Waals surface area contributed by atoms with Gasteiger partial charge in [-0.1, -0.05) is 63.0 Å². The van der Waals surface area contributed by atoms with Gasteiger partial charge in [0.25, 0.3) is 0 Å². The molecule has 0 aliphatic rings. The zero-order valence-corrected chi connectivity index (χ0v) is 12.8. The molecule has 0 fully saturated rings. The van der Waals surface area contributed by atoms with Crippen LogP contribution in [-0.4, -0.2) is 29.0 Å². The molecule has 4 heteroatoms. The van der Waals surface area contributed by atoms with Crippen molar-refractivity contribution in [3.8, 4) is 0 Å². The van der Waals surface area contributed by atoms with Gasteiger partial charge in [0.05, 0.1) is 0 Å². The third-order valence-corrected chi connectivity index (χ3v) is 3.91. The number of oxime groups is 1. The molecule has 0 radical (unpaired) electrons. The third kappa shape index (κ3) is 4.53. The molecule has 0 atom stereocenters. The molecule has 0 amide bonds. The summed E-state index contributed by atoms with van der Waals surface area (Å²) in [5.74, 6) is 0.908. The molecule has 0 bridgehead atoms. The maximum absolute atomic E-state index is 8.87. The minimum absolute atomic E-state index is 0.180. The van der Waals surface area contributed by atoms with Crippen LogP contribution in [0.2, 0.25) is 0 Å². The van der Waals surface area contributed by atoms with Gasteiger partial charge in [-0.3, -0.25) is 4.90 Å². The fraction of sp³-hybridized carbons (Fsp3) is 0.562. The van der Waals surface area contributed by atoms with E-state index in [4.69, 9.17) is 10.9 Å². The lowest BCUT2D eigenvalue weighted by Crippen LogP contribution is -2.30. The summed E-state index contributed by atoms with van der Waals surface area (Å²) in [7, 11) is 0. The molecule has 0 saturated carbocycles. The number of hydrogen-bond donors (Lipinski definition) is 2. The Balaban J connectivity index is 2.85. The Morgan fingerprint density at radius 3 is 2.45 bits per heavy atom. The van der Waals surface area contributed by atoms with Gasteiger partial charge in [0.2, 0.25) is 0 Å². The van der Waals surface area contributed by atoms with Crippen LogP contribution >= 0.6 is 0 Å². The van der Waals surface area contributed by atoms with E-state index in [0.29, 0.717) is 0 Å². The zero-order valence-electron chi connectivity index (χ0n) is 12.8. The molecule has 0 heterocycles. The van der Waals surface area contributed by atoms with E-state index >= 15 is 0 Å². The molecule has 0 aliphatic heterocycles. The van der Waals surface area contributed by atoms with Crippen molar-refractivity contribution in [1.82, 2.24) is 4.90 Å². The van der Waals surface area contributed by atoms with Crippen molar-refractivity contribution in [3.63, 3.8) is 0 Å². The van der Waals surface area contributed by atoms with Gasteiger partial charge >= 0.3 is 0 Å². The minimum Gasteiger partial charge on any atom is -0.409 e. The van der Waals surface area contributed by atoms with E-state index in [0.717, 1.165) is 36.7 Å². The number of nitrogens with two attached hydrogens (primary N) is 1. The highest BCUT2D eigenvalue weighted by molar-refractivity contribution is 5.98. The summed E-state index contributed by atoms with van der Waals surface area (Å²) in [6.45, 7) is 9.58. The van der Waals surface area contributed by atoms with E-state index in [2.05, 4.69) is 30.8 Å². The van der Waals surface area contributed by atoms with E-state index in [1.807, 2.05) is 24.3 Å². The molecule has 1 aromatic carbocycles. The molecule has 112 valence electrons. The van der Waals surface area contributed by atoms with Crippen LogP contribution in [0.4, 0.5) is 0 Å². The van der Waals surface area contributed by atoms with Crippen molar-refractivity contribution in [3.05, 3.63) is 35.4 Å². The molecule has 0 saturated heterocycles. The maximum atomic E-state index is 8.87. The Bertz CT molecular complexity index is 427. The summed E-state index contributed by atoms with van der Waals surface area (Å²) in [6, 6.07) is 7.85. The first-order valence-electron chi connectivity index (χ1n) is 7.44. The predicted molar refractivity (Wildman–Crippen MR) is 84.0 cm³/mol. The molecule has 0 unspecified atom stereocenters. The minimum atomic E-state index is 0.180. The van der Waals surface area contributed by atoms with Crippen molar-refractivity contribution >= 4 is 5.84 Å². The van der Waals surface area contributed by atoms with E-state index < -0.39 is 0 Å². The van der Waals surface area contributed by atoms with Crippen molar-refractivity contribution < 1.29 is 5.21 Å². The normalized spacial score (nSPS) is 12.3. The third-order valence-electron chi connectivity index (χ3n) is 3.91. The lowest BCUT2D eigenvalue weighted by molar-refractivity contribution is 0.226. The van der Waals surface area contributed by atoms with Gasteiger partial charge in [-0.25, -0.2) is 0 Å². The highest BCUT2D eigenvalue weighted by Crippen LogP contribution is 2.15. The molecule has 1 aromatic rings. The predicted octanol–water partition coefficient (Wildman–Crippen LogP) is 3.04. The first kappa shape index (κ1) is 16.5. The van der Waals surface area contributed by atoms with Gasteiger partial charge in [-0.2, -0.15) is 0 Å². The van der Waals surface area contributed by atoms with Gasteiger partial charge in [0.1, 0.15) is 0 Å². The highest BCUT2D eigenvalue weighted by Gasteiger charge is 2.13. The average molecular weight is 277 g/mol. The summed E-state index contributed by atoms with van der Waals surface area (Å²) in [4.78, 5) is 2.42. The van der Waals surface area contributed by atoms with E-state index in [-0.39, 0.29) is 5.84 Å². The zero-order chi connectivity index (χ0) is 15.0. The van der Waals surface area contributed by atoms with Crippen LogP contribution in [0.3, 0.4) is 0 Å². The van der Waals surface area contributed by atoms with Crippen LogP contribution in [-0.2, 0) is 6.54 Å². The first-order chi connectivity index (χ1) is 9.65. The summed E-state index contributed by atoms with van der Waals surface area (Å²) in [6.07, 6.45) is 2.41. The molecule has 20 heavy (non-hydrogen) atoms. The molecule has 0 spiro atoms. The molecule has 1 rings (SSSR count). The Morgan fingerprint density at radius 1 is 1.25 bits per heavy atom. The summed E-state index contributed by atoms with van der Waals surface area (Å²) in [5.41, 5.74) is 7.67. The van der Waals surface area contributed by atoms with Gasteiger partial charge in [-0.15, -0.1) is 0 Å². The fourth-order valence-electron chi connectivity index (χ4n) is 2.42. The lowest BCUT2D eigenvalue weighted by Gasteiger charge is -2.26. The van der Waals surface area contributed by atoms with Crippen LogP contribution in [0.15, 0.2) is 29.4 Å². The van der Waals surface area contributed by atoms with E-state index in [1.165, 1.54) is 12.8 Å². The van der Waals surface area contributed by atoms with E-state index in [9.17, 15) is 0 Å². The largest absolute Gasteiger partial charge is 0.409 e. The number of nitrogens with zero attached hydrogens (tertiary/aromatic N) is 2. The molecule has 4 nitrogen and oxygen atoms in total. The van der Waals surface area contributed by atoms with Crippen molar-refractivity contribution in [2.24, 2.45) is 16.8 Å². The Labute approximate surface area is 122 Å². The monoisotopic (exact) mass is 277 g/mol. The lowest BCUT2D eigenvalue weighted by atomic mass is 10.0. The Kier molecular flexibility index (Phi) is 7.09. The second-order valence-electron chi connectivity index (χ2n) is 5.15. The van der Waals surface area contributed by atoms with Crippen LogP contribution < -0.4 is 5.73 Å². The molecular formula is C16H27N3O. The number of benzene rings is 1. The maximum Gasteiger partial charge on any atom is 0.170 e. The molecule has 0 aromatic heterocycles. The smallest absolute Gasteiger partial charge is 0.170 e. The van der Waals surface area contributed by atoms with Gasteiger partial charge in [0.15, 0.2) is 5.84 Å². The van der Waals surface area contributed by atoms with E-state index in [1.54, 1.807) is 0 Å². The fourth-order valence-corrected chi connectivity index (χ4v) is 2.42. The van der Waals surface area contributed by atoms with Gasteiger partial charge in [-0.05, 0) is 18.0 Å². The van der Waals surface area contributed by atoms with Gasteiger partial charge in [0, 0.05) is 18.7 Å². The topological polar surface area (TPSA) is 61.8 Å². The number of hydrogen-bond acceptors (Lipinski definition) is 3. The Hall–Kier alpha value is -1.55. The molecule has 0 aliphatic carbocycles. The second-order valence-corrected chi connectivity index (χ2v) is 5.15. The van der Waals surface area contributed by atoms with Crippen LogP contribution in [0.1, 0.15) is 44.7 Å². The quantitative estimate of drug-likeness (QED) is 0.332. The van der Waals surface area contributed by atoms with Crippen LogP contribution in [0, 0.1) is 5.92 Å². The SMILES string of the molecule is CCC(CC)CN(CC)Cc1ccccc1C(N)=NO. The highest BCUT2D eigenvalue weighted by atomic mass is 16.4. The molecule has 3 N–H and O–H groups in total. The van der Waals surface area contributed by atoms with Crippen molar-refractivity contribution in [2.45, 2.75) is 40.2 Å². The first-order valence-corrected chi connectivity index (χ1v) is 7.44. The average Bonchev–Trinajstić information content (AvgIpc) is 2.51. The van der Waals surface area contributed by atoms with Crippen molar-refractivity contribution in [2.75, 3.05) is 13.1 Å². The van der Waals surface area contributed by atoms with Crippen LogP contribution in [0.25, 0.3) is 0 Å². The summed E-state index contributed by atoms with van der Waals surface area (Å²) >= 11 is 0. The number of amidine groups is 1.